The zero-order valence-corrected chi connectivity index (χ0v) is 13.1. The van der Waals surface area contributed by atoms with E-state index in [9.17, 15) is 0 Å². The average molecular weight is 281 g/mol. The summed E-state index contributed by atoms with van der Waals surface area (Å²) in [7, 11) is 4.29. The topological polar surface area (TPSA) is 57.4 Å². The summed E-state index contributed by atoms with van der Waals surface area (Å²) in [6, 6.07) is 0.227. The molecule has 0 aromatic carbocycles. The Bertz CT molecular complexity index is 406. The first-order chi connectivity index (χ1) is 9.56. The van der Waals surface area contributed by atoms with Crippen molar-refractivity contribution >= 4 is 0 Å². The predicted molar refractivity (Wildman–Crippen MR) is 78.3 cm³/mol. The van der Waals surface area contributed by atoms with Crippen LogP contribution in [0.4, 0.5) is 0 Å². The first-order valence-electron chi connectivity index (χ1n) is 7.48. The van der Waals surface area contributed by atoms with Crippen LogP contribution in [0.2, 0.25) is 0 Å². The van der Waals surface area contributed by atoms with Crippen LogP contribution in [0.15, 0.2) is 4.52 Å². The molecule has 1 N–H and O–H groups in total. The highest BCUT2D eigenvalue weighted by Gasteiger charge is 2.26. The largest absolute Gasteiger partial charge is 0.338 e. The molecule has 1 aliphatic rings. The highest BCUT2D eigenvalue weighted by Crippen LogP contribution is 2.20. The van der Waals surface area contributed by atoms with Crippen molar-refractivity contribution in [2.75, 3.05) is 40.3 Å². The molecule has 1 aromatic heterocycles. The third kappa shape index (κ3) is 4.26. The molecule has 1 atom stereocenters. The van der Waals surface area contributed by atoms with E-state index in [-0.39, 0.29) is 6.04 Å². The van der Waals surface area contributed by atoms with E-state index in [0.717, 1.165) is 32.0 Å². The monoisotopic (exact) mass is 281 g/mol. The van der Waals surface area contributed by atoms with Crippen LogP contribution in [0, 0.1) is 5.92 Å². The highest BCUT2D eigenvalue weighted by atomic mass is 16.5. The molecule has 114 valence electrons. The number of nitrogens with zero attached hydrogens (tertiary/aromatic N) is 4. The lowest BCUT2D eigenvalue weighted by molar-refractivity contribution is 0.214. The molecular formula is C14H27N5O. The van der Waals surface area contributed by atoms with E-state index in [1.165, 1.54) is 6.42 Å². The van der Waals surface area contributed by atoms with E-state index in [2.05, 4.69) is 53.2 Å². The van der Waals surface area contributed by atoms with Gasteiger partial charge < -0.3 is 14.7 Å². The molecule has 1 unspecified atom stereocenters. The Hall–Kier alpha value is -0.980. The molecule has 2 heterocycles. The van der Waals surface area contributed by atoms with Gasteiger partial charge in [0.05, 0.1) is 12.6 Å². The molecule has 0 aliphatic carbocycles. The molecule has 0 radical (unpaired) electrons. The molecule has 0 spiro atoms. The molecule has 0 bridgehead atoms. The number of rotatable bonds is 5. The normalized spacial score (nSPS) is 22.4. The Balaban J connectivity index is 1.95. The molecule has 0 saturated carbocycles. The van der Waals surface area contributed by atoms with Crippen LogP contribution in [-0.2, 0) is 6.54 Å². The van der Waals surface area contributed by atoms with E-state index in [0.29, 0.717) is 18.4 Å². The van der Waals surface area contributed by atoms with Gasteiger partial charge >= 0.3 is 0 Å². The maximum Gasteiger partial charge on any atom is 0.240 e. The first-order valence-corrected chi connectivity index (χ1v) is 7.48. The van der Waals surface area contributed by atoms with Gasteiger partial charge in [0.1, 0.15) is 0 Å². The van der Waals surface area contributed by atoms with Crippen molar-refractivity contribution < 1.29 is 4.52 Å². The number of hydrogen-bond donors (Lipinski definition) is 1. The van der Waals surface area contributed by atoms with E-state index in [1.54, 1.807) is 0 Å². The van der Waals surface area contributed by atoms with Gasteiger partial charge in [0.25, 0.3) is 0 Å². The molecule has 6 nitrogen and oxygen atoms in total. The second-order valence-electron chi connectivity index (χ2n) is 6.18. The van der Waals surface area contributed by atoms with Gasteiger partial charge in [-0.2, -0.15) is 4.98 Å². The van der Waals surface area contributed by atoms with E-state index in [1.807, 2.05) is 0 Å². The van der Waals surface area contributed by atoms with Crippen LogP contribution in [0.25, 0.3) is 0 Å². The SMILES string of the molecule is CC(C)CNCc1nc(C2CN(C)CCCN2C)no1. The van der Waals surface area contributed by atoms with Crippen LogP contribution >= 0.6 is 0 Å². The summed E-state index contributed by atoms with van der Waals surface area (Å²) in [5.74, 6) is 2.11. The van der Waals surface area contributed by atoms with Gasteiger partial charge in [0, 0.05) is 6.54 Å². The van der Waals surface area contributed by atoms with Crippen LogP contribution in [-0.4, -0.2) is 60.2 Å². The van der Waals surface area contributed by atoms with Crippen molar-refractivity contribution in [1.82, 2.24) is 25.3 Å². The molecule has 0 amide bonds. The summed E-state index contributed by atoms with van der Waals surface area (Å²) in [4.78, 5) is 9.20. The number of hydrogen-bond acceptors (Lipinski definition) is 6. The second-order valence-corrected chi connectivity index (χ2v) is 6.18. The van der Waals surface area contributed by atoms with Crippen molar-refractivity contribution in [2.45, 2.75) is 32.9 Å². The van der Waals surface area contributed by atoms with Gasteiger partial charge in [-0.1, -0.05) is 19.0 Å². The molecule has 1 saturated heterocycles. The fraction of sp³-hybridized carbons (Fsp3) is 0.857. The lowest BCUT2D eigenvalue weighted by Gasteiger charge is -2.24. The third-order valence-electron chi connectivity index (χ3n) is 3.68. The summed E-state index contributed by atoms with van der Waals surface area (Å²) in [6.45, 7) is 9.13. The van der Waals surface area contributed by atoms with Gasteiger partial charge in [0.15, 0.2) is 5.82 Å². The van der Waals surface area contributed by atoms with Gasteiger partial charge in [0.2, 0.25) is 5.89 Å². The van der Waals surface area contributed by atoms with Crippen LogP contribution in [0.3, 0.4) is 0 Å². The van der Waals surface area contributed by atoms with Crippen LogP contribution < -0.4 is 5.32 Å². The summed E-state index contributed by atoms with van der Waals surface area (Å²) < 4.78 is 5.36. The maximum atomic E-state index is 5.36. The standard InChI is InChI=1S/C14H27N5O/c1-11(2)8-15-9-13-16-14(17-20-13)12-10-18(3)6-5-7-19(12)4/h11-12,15H,5-10H2,1-4H3. The van der Waals surface area contributed by atoms with Crippen LogP contribution in [0.1, 0.15) is 38.0 Å². The number of aromatic nitrogens is 2. The van der Waals surface area contributed by atoms with Gasteiger partial charge in [-0.15, -0.1) is 0 Å². The van der Waals surface area contributed by atoms with Crippen molar-refractivity contribution in [3.8, 4) is 0 Å². The lowest BCUT2D eigenvalue weighted by Crippen LogP contribution is -2.31. The van der Waals surface area contributed by atoms with Crippen molar-refractivity contribution in [1.29, 1.82) is 0 Å². The first kappa shape index (κ1) is 15.4. The van der Waals surface area contributed by atoms with E-state index < -0.39 is 0 Å². The molecule has 2 rings (SSSR count). The molecule has 1 fully saturated rings. The number of likely N-dealkylation sites (N-methyl/N-ethyl adjacent to an activating group) is 2. The predicted octanol–water partition coefficient (Wildman–Crippen LogP) is 1.12. The van der Waals surface area contributed by atoms with Crippen molar-refractivity contribution in [3.05, 3.63) is 11.7 Å². The Morgan fingerprint density at radius 3 is 2.90 bits per heavy atom. The van der Waals surface area contributed by atoms with E-state index in [4.69, 9.17) is 4.52 Å². The molecule has 1 aliphatic heterocycles. The van der Waals surface area contributed by atoms with Gasteiger partial charge in [-0.3, -0.25) is 4.90 Å². The molecule has 1 aromatic rings. The summed E-state index contributed by atoms with van der Waals surface area (Å²) in [5.41, 5.74) is 0. The quantitative estimate of drug-likeness (QED) is 0.873. The Labute approximate surface area is 121 Å². The Morgan fingerprint density at radius 2 is 2.15 bits per heavy atom. The summed E-state index contributed by atoms with van der Waals surface area (Å²) >= 11 is 0. The Kier molecular flexibility index (Phi) is 5.51. The fourth-order valence-corrected chi connectivity index (χ4v) is 2.49. The fourth-order valence-electron chi connectivity index (χ4n) is 2.49. The molecular weight excluding hydrogens is 254 g/mol. The molecule has 20 heavy (non-hydrogen) atoms. The minimum atomic E-state index is 0.227. The zero-order chi connectivity index (χ0) is 14.5. The molecule has 6 heteroatoms. The van der Waals surface area contributed by atoms with Gasteiger partial charge in [-0.25, -0.2) is 0 Å². The second kappa shape index (κ2) is 7.15. The highest BCUT2D eigenvalue weighted by molar-refractivity contribution is 4.97. The van der Waals surface area contributed by atoms with Crippen LogP contribution in [0.5, 0.6) is 0 Å². The third-order valence-corrected chi connectivity index (χ3v) is 3.68. The average Bonchev–Trinajstić information content (AvgIpc) is 2.77. The van der Waals surface area contributed by atoms with Gasteiger partial charge in [-0.05, 0) is 46.1 Å². The Morgan fingerprint density at radius 1 is 1.35 bits per heavy atom. The maximum absolute atomic E-state index is 5.36. The van der Waals surface area contributed by atoms with E-state index >= 15 is 0 Å². The van der Waals surface area contributed by atoms with Crippen molar-refractivity contribution in [3.63, 3.8) is 0 Å². The smallest absolute Gasteiger partial charge is 0.240 e. The van der Waals surface area contributed by atoms with Crippen molar-refractivity contribution in [2.24, 2.45) is 5.92 Å². The minimum Gasteiger partial charge on any atom is -0.338 e. The minimum absolute atomic E-state index is 0.227. The number of nitrogens with one attached hydrogen (secondary N) is 1. The zero-order valence-electron chi connectivity index (χ0n) is 13.1. The lowest BCUT2D eigenvalue weighted by atomic mass is 10.2. The summed E-state index contributed by atoms with van der Waals surface area (Å²) in [5, 5.41) is 7.50. The summed E-state index contributed by atoms with van der Waals surface area (Å²) in [6.07, 6.45) is 1.18.